The number of nitrogens with zero attached hydrogens (tertiary/aromatic N) is 2. The zero-order valence-corrected chi connectivity index (χ0v) is 13.3. The molecule has 0 bridgehead atoms. The van der Waals surface area contributed by atoms with Crippen molar-refractivity contribution in [1.29, 1.82) is 0 Å². The van der Waals surface area contributed by atoms with Gasteiger partial charge in [0.1, 0.15) is 0 Å². The Bertz CT molecular complexity index is 531. The smallest absolute Gasteiger partial charge is 0.0475 e. The first-order chi connectivity index (χ1) is 10.7. The van der Waals surface area contributed by atoms with Gasteiger partial charge in [-0.25, -0.2) is 0 Å². The van der Waals surface area contributed by atoms with E-state index in [0.29, 0.717) is 5.92 Å². The number of aliphatic hydroxyl groups is 1. The number of pyridine rings is 2. The molecule has 0 fully saturated rings. The number of hydrogen-bond acceptors (Lipinski definition) is 4. The SMILES string of the molecule is CC(C)C(NCC(CO)Cc1ccccn1)c1cccnc1. The Morgan fingerprint density at radius 3 is 2.59 bits per heavy atom. The molecule has 2 aromatic heterocycles. The van der Waals surface area contributed by atoms with E-state index in [1.807, 2.05) is 30.5 Å². The molecule has 4 heteroatoms. The van der Waals surface area contributed by atoms with E-state index in [0.717, 1.165) is 18.7 Å². The second kappa shape index (κ2) is 8.61. The number of nitrogens with one attached hydrogen (secondary N) is 1. The van der Waals surface area contributed by atoms with Crippen molar-refractivity contribution in [3.8, 4) is 0 Å². The van der Waals surface area contributed by atoms with Crippen LogP contribution in [-0.4, -0.2) is 28.2 Å². The summed E-state index contributed by atoms with van der Waals surface area (Å²) in [6, 6.07) is 10.2. The Balaban J connectivity index is 1.95. The first-order valence-electron chi connectivity index (χ1n) is 7.84. The largest absolute Gasteiger partial charge is 0.396 e. The van der Waals surface area contributed by atoms with Crippen LogP contribution in [0.25, 0.3) is 0 Å². The van der Waals surface area contributed by atoms with Gasteiger partial charge < -0.3 is 10.4 Å². The molecule has 0 aromatic carbocycles. The maximum absolute atomic E-state index is 9.63. The molecule has 4 nitrogen and oxygen atoms in total. The van der Waals surface area contributed by atoms with Crippen LogP contribution >= 0.6 is 0 Å². The zero-order valence-electron chi connectivity index (χ0n) is 13.3. The highest BCUT2D eigenvalue weighted by atomic mass is 16.3. The summed E-state index contributed by atoms with van der Waals surface area (Å²) in [4.78, 5) is 8.54. The first kappa shape index (κ1) is 16.6. The van der Waals surface area contributed by atoms with Crippen LogP contribution in [-0.2, 0) is 6.42 Å². The van der Waals surface area contributed by atoms with Crippen LogP contribution < -0.4 is 5.32 Å². The summed E-state index contributed by atoms with van der Waals surface area (Å²) in [6.45, 7) is 5.29. The third-order valence-electron chi connectivity index (χ3n) is 3.82. The highest BCUT2D eigenvalue weighted by molar-refractivity contribution is 5.14. The van der Waals surface area contributed by atoms with Crippen LogP contribution in [0.5, 0.6) is 0 Å². The van der Waals surface area contributed by atoms with E-state index in [2.05, 4.69) is 35.2 Å². The highest BCUT2D eigenvalue weighted by Crippen LogP contribution is 2.21. The average molecular weight is 299 g/mol. The fourth-order valence-electron chi connectivity index (χ4n) is 2.61. The molecule has 118 valence electrons. The monoisotopic (exact) mass is 299 g/mol. The summed E-state index contributed by atoms with van der Waals surface area (Å²) < 4.78 is 0. The van der Waals surface area contributed by atoms with Crippen LogP contribution in [0.2, 0.25) is 0 Å². The van der Waals surface area contributed by atoms with Gasteiger partial charge in [0.05, 0.1) is 0 Å². The summed E-state index contributed by atoms with van der Waals surface area (Å²) in [5.41, 5.74) is 2.21. The number of rotatable bonds is 8. The Morgan fingerprint density at radius 1 is 1.14 bits per heavy atom. The van der Waals surface area contributed by atoms with Crippen LogP contribution in [0.4, 0.5) is 0 Å². The Kier molecular flexibility index (Phi) is 6.49. The molecule has 2 rings (SSSR count). The maximum atomic E-state index is 9.63. The lowest BCUT2D eigenvalue weighted by atomic mass is 9.96. The van der Waals surface area contributed by atoms with Gasteiger partial charge in [-0.05, 0) is 42.0 Å². The van der Waals surface area contributed by atoms with Crippen molar-refractivity contribution in [3.63, 3.8) is 0 Å². The van der Waals surface area contributed by atoms with Crippen LogP contribution in [0.3, 0.4) is 0 Å². The molecule has 2 heterocycles. The summed E-state index contributed by atoms with van der Waals surface area (Å²) >= 11 is 0. The Labute approximate surface area is 132 Å². The topological polar surface area (TPSA) is 58.0 Å². The molecule has 22 heavy (non-hydrogen) atoms. The molecule has 2 atom stereocenters. The molecule has 0 saturated carbocycles. The van der Waals surface area contributed by atoms with E-state index >= 15 is 0 Å². The minimum atomic E-state index is 0.154. The van der Waals surface area contributed by atoms with Crippen LogP contribution in [0, 0.1) is 11.8 Å². The van der Waals surface area contributed by atoms with Gasteiger partial charge in [-0.1, -0.05) is 26.0 Å². The van der Waals surface area contributed by atoms with Gasteiger partial charge in [0, 0.05) is 43.5 Å². The molecule has 0 aliphatic heterocycles. The van der Waals surface area contributed by atoms with E-state index < -0.39 is 0 Å². The van der Waals surface area contributed by atoms with Crippen molar-refractivity contribution < 1.29 is 5.11 Å². The van der Waals surface area contributed by atoms with Crippen molar-refractivity contribution in [1.82, 2.24) is 15.3 Å². The standard InChI is InChI=1S/C18H25N3O/c1-14(2)18(16-6-5-8-19-12-16)21-11-15(13-22)10-17-7-3-4-9-20-17/h3-9,12,14-15,18,21-22H,10-11,13H2,1-2H3. The second-order valence-corrected chi connectivity index (χ2v) is 5.99. The van der Waals surface area contributed by atoms with Gasteiger partial charge >= 0.3 is 0 Å². The van der Waals surface area contributed by atoms with Crippen molar-refractivity contribution in [3.05, 3.63) is 60.2 Å². The molecule has 0 spiro atoms. The summed E-state index contributed by atoms with van der Waals surface area (Å²) in [5.74, 6) is 0.617. The molecule has 2 N–H and O–H groups in total. The molecule has 0 aliphatic rings. The molecular weight excluding hydrogens is 274 g/mol. The van der Waals surface area contributed by atoms with Gasteiger partial charge in [0.15, 0.2) is 0 Å². The Hall–Kier alpha value is -1.78. The molecule has 0 saturated heterocycles. The lowest BCUT2D eigenvalue weighted by molar-refractivity contribution is 0.213. The summed E-state index contributed by atoms with van der Waals surface area (Å²) in [7, 11) is 0. The van der Waals surface area contributed by atoms with Gasteiger partial charge in [0.2, 0.25) is 0 Å². The van der Waals surface area contributed by atoms with Crippen molar-refractivity contribution in [2.45, 2.75) is 26.3 Å². The maximum Gasteiger partial charge on any atom is 0.0475 e. The van der Waals surface area contributed by atoms with Gasteiger partial charge in [-0.2, -0.15) is 0 Å². The van der Waals surface area contributed by atoms with Crippen LogP contribution in [0.1, 0.15) is 31.1 Å². The molecular formula is C18H25N3O. The number of hydrogen-bond donors (Lipinski definition) is 2. The van der Waals surface area contributed by atoms with Gasteiger partial charge in [-0.15, -0.1) is 0 Å². The molecule has 2 aromatic rings. The molecule has 2 unspecified atom stereocenters. The fourth-order valence-corrected chi connectivity index (χ4v) is 2.61. The van der Waals surface area contributed by atoms with E-state index in [9.17, 15) is 5.11 Å². The van der Waals surface area contributed by atoms with E-state index in [4.69, 9.17) is 0 Å². The molecule has 0 radical (unpaired) electrons. The van der Waals surface area contributed by atoms with Gasteiger partial charge in [-0.3, -0.25) is 9.97 Å². The average Bonchev–Trinajstić information content (AvgIpc) is 2.55. The lowest BCUT2D eigenvalue weighted by Gasteiger charge is -2.25. The highest BCUT2D eigenvalue weighted by Gasteiger charge is 2.18. The fraction of sp³-hybridized carbons (Fsp3) is 0.444. The van der Waals surface area contributed by atoms with Crippen molar-refractivity contribution in [2.75, 3.05) is 13.2 Å². The summed E-state index contributed by atoms with van der Waals surface area (Å²) in [5, 5.41) is 13.2. The van der Waals surface area contributed by atoms with Crippen LogP contribution in [0.15, 0.2) is 48.9 Å². The van der Waals surface area contributed by atoms with Crippen molar-refractivity contribution in [2.24, 2.45) is 11.8 Å². The molecule has 0 aliphatic carbocycles. The number of aromatic nitrogens is 2. The predicted octanol–water partition coefficient (Wildman–Crippen LogP) is 2.61. The minimum absolute atomic E-state index is 0.154. The van der Waals surface area contributed by atoms with E-state index in [1.165, 1.54) is 5.56 Å². The normalized spacial score (nSPS) is 14.0. The summed E-state index contributed by atoms with van der Waals surface area (Å²) in [6.07, 6.45) is 6.27. The zero-order chi connectivity index (χ0) is 15.8. The second-order valence-electron chi connectivity index (χ2n) is 5.99. The quantitative estimate of drug-likeness (QED) is 0.786. The molecule has 0 amide bonds. The third kappa shape index (κ3) is 4.90. The van der Waals surface area contributed by atoms with Gasteiger partial charge in [0.25, 0.3) is 0 Å². The third-order valence-corrected chi connectivity index (χ3v) is 3.82. The first-order valence-corrected chi connectivity index (χ1v) is 7.84. The van der Waals surface area contributed by atoms with E-state index in [1.54, 1.807) is 12.4 Å². The van der Waals surface area contributed by atoms with Crippen molar-refractivity contribution >= 4 is 0 Å². The lowest BCUT2D eigenvalue weighted by Crippen LogP contribution is -2.33. The number of aliphatic hydroxyl groups excluding tert-OH is 1. The van der Waals surface area contributed by atoms with E-state index in [-0.39, 0.29) is 18.6 Å². The predicted molar refractivity (Wildman–Crippen MR) is 88.3 cm³/mol. The Morgan fingerprint density at radius 2 is 2.00 bits per heavy atom. The minimum Gasteiger partial charge on any atom is -0.396 e.